The maximum atomic E-state index is 10.9. The van der Waals surface area contributed by atoms with Crippen molar-refractivity contribution >= 4 is 34.4 Å². The van der Waals surface area contributed by atoms with Gasteiger partial charge in [-0.15, -0.1) is 0 Å². The molecule has 1 saturated heterocycles. The quantitative estimate of drug-likeness (QED) is 0.429. The molecule has 0 aliphatic carbocycles. The van der Waals surface area contributed by atoms with E-state index in [1.54, 1.807) is 6.20 Å². The van der Waals surface area contributed by atoms with Crippen molar-refractivity contribution < 1.29 is 9.53 Å². The van der Waals surface area contributed by atoms with Crippen molar-refractivity contribution in [3.63, 3.8) is 0 Å². The number of aromatic amines is 1. The van der Waals surface area contributed by atoms with Crippen molar-refractivity contribution in [1.82, 2.24) is 25.2 Å². The van der Waals surface area contributed by atoms with E-state index >= 15 is 0 Å². The maximum absolute atomic E-state index is 10.9. The Labute approximate surface area is 199 Å². The SMILES string of the molecule is CC(=O)NCCOc1ccc(-c2nc3c(NC4CCN(C(C)C)CC4)c(Cl)cnc3[nH]2)cc1. The number of carbonyl (C=O) groups excluding carboxylic acids is 1. The first kappa shape index (κ1) is 23.3. The number of rotatable bonds is 8. The van der Waals surface area contributed by atoms with Crippen molar-refractivity contribution in [1.29, 1.82) is 0 Å². The first-order valence-electron chi connectivity index (χ1n) is 11.4. The van der Waals surface area contributed by atoms with Gasteiger partial charge in [0.25, 0.3) is 0 Å². The highest BCUT2D eigenvalue weighted by atomic mass is 35.5. The number of ether oxygens (including phenoxy) is 1. The lowest BCUT2D eigenvalue weighted by molar-refractivity contribution is -0.119. The molecule has 0 saturated carbocycles. The van der Waals surface area contributed by atoms with Gasteiger partial charge in [0.1, 0.15) is 23.7 Å². The molecule has 0 spiro atoms. The molecule has 3 heterocycles. The fraction of sp³-hybridized carbons (Fsp3) is 0.458. The van der Waals surface area contributed by atoms with E-state index in [0.29, 0.717) is 35.9 Å². The Hall–Kier alpha value is -2.84. The minimum atomic E-state index is -0.0672. The third-order valence-electron chi connectivity index (χ3n) is 5.95. The van der Waals surface area contributed by atoms with Crippen LogP contribution >= 0.6 is 11.6 Å². The van der Waals surface area contributed by atoms with E-state index in [4.69, 9.17) is 21.3 Å². The van der Waals surface area contributed by atoms with E-state index in [9.17, 15) is 4.79 Å². The first-order valence-corrected chi connectivity index (χ1v) is 11.8. The summed E-state index contributed by atoms with van der Waals surface area (Å²) in [7, 11) is 0. The van der Waals surface area contributed by atoms with Crippen LogP contribution in [0.4, 0.5) is 5.69 Å². The summed E-state index contributed by atoms with van der Waals surface area (Å²) in [6, 6.07) is 8.60. The highest BCUT2D eigenvalue weighted by Gasteiger charge is 2.23. The average Bonchev–Trinajstić information content (AvgIpc) is 3.24. The number of H-pyrrole nitrogens is 1. The number of fused-ring (bicyclic) bond motifs is 1. The number of imidazole rings is 1. The van der Waals surface area contributed by atoms with Gasteiger partial charge in [-0.05, 0) is 51.0 Å². The number of halogens is 1. The molecule has 33 heavy (non-hydrogen) atoms. The van der Waals surface area contributed by atoms with Crippen molar-refractivity contribution in [2.75, 3.05) is 31.6 Å². The molecule has 1 fully saturated rings. The number of piperidine rings is 1. The van der Waals surface area contributed by atoms with Crippen molar-refractivity contribution in [3.05, 3.63) is 35.5 Å². The van der Waals surface area contributed by atoms with Crippen molar-refractivity contribution in [2.24, 2.45) is 0 Å². The highest BCUT2D eigenvalue weighted by Crippen LogP contribution is 2.32. The van der Waals surface area contributed by atoms with Crippen LogP contribution in [0.3, 0.4) is 0 Å². The number of benzene rings is 1. The van der Waals surface area contributed by atoms with E-state index in [1.165, 1.54) is 6.92 Å². The lowest BCUT2D eigenvalue weighted by Crippen LogP contribution is -2.42. The number of pyridine rings is 1. The maximum Gasteiger partial charge on any atom is 0.216 e. The van der Waals surface area contributed by atoms with Crippen molar-refractivity contribution in [2.45, 2.75) is 45.7 Å². The number of hydrogen-bond acceptors (Lipinski definition) is 6. The van der Waals surface area contributed by atoms with Gasteiger partial charge < -0.3 is 25.3 Å². The largest absolute Gasteiger partial charge is 0.492 e. The molecule has 0 radical (unpaired) electrons. The summed E-state index contributed by atoms with van der Waals surface area (Å²) in [5.41, 5.74) is 3.21. The van der Waals surface area contributed by atoms with E-state index in [1.807, 2.05) is 24.3 Å². The minimum Gasteiger partial charge on any atom is -0.492 e. The van der Waals surface area contributed by atoms with Crippen LogP contribution in [-0.2, 0) is 4.79 Å². The Morgan fingerprint density at radius 3 is 2.67 bits per heavy atom. The number of amides is 1. The normalized spacial score (nSPS) is 15.2. The predicted octanol–water partition coefficient (Wildman–Crippen LogP) is 4.08. The molecule has 4 rings (SSSR count). The molecule has 3 aromatic rings. The lowest BCUT2D eigenvalue weighted by Gasteiger charge is -2.35. The summed E-state index contributed by atoms with van der Waals surface area (Å²) in [5.74, 6) is 1.39. The molecule has 8 nitrogen and oxygen atoms in total. The van der Waals surface area contributed by atoms with Gasteiger partial charge >= 0.3 is 0 Å². The van der Waals surface area contributed by atoms with Gasteiger partial charge in [-0.3, -0.25) is 4.79 Å². The van der Waals surface area contributed by atoms with Crippen LogP contribution in [0, 0.1) is 0 Å². The van der Waals surface area contributed by atoms with Gasteiger partial charge in [-0.2, -0.15) is 0 Å². The van der Waals surface area contributed by atoms with Crippen LogP contribution in [0.1, 0.15) is 33.6 Å². The van der Waals surface area contributed by atoms with Crippen LogP contribution in [0.15, 0.2) is 30.5 Å². The molecule has 9 heteroatoms. The topological polar surface area (TPSA) is 95.2 Å². The Bertz CT molecular complexity index is 1090. The molecule has 0 bridgehead atoms. The highest BCUT2D eigenvalue weighted by molar-refractivity contribution is 6.34. The average molecular weight is 471 g/mol. The third-order valence-corrected chi connectivity index (χ3v) is 6.23. The Morgan fingerprint density at radius 2 is 2.00 bits per heavy atom. The second kappa shape index (κ2) is 10.4. The number of carbonyl (C=O) groups is 1. The van der Waals surface area contributed by atoms with Crippen LogP contribution in [0.2, 0.25) is 5.02 Å². The van der Waals surface area contributed by atoms with Gasteiger partial charge in [0, 0.05) is 37.7 Å². The summed E-state index contributed by atoms with van der Waals surface area (Å²) >= 11 is 6.53. The number of likely N-dealkylation sites (tertiary alicyclic amines) is 1. The molecule has 1 aliphatic heterocycles. The van der Waals surface area contributed by atoms with Crippen molar-refractivity contribution in [3.8, 4) is 17.1 Å². The summed E-state index contributed by atoms with van der Waals surface area (Å²) < 4.78 is 5.66. The summed E-state index contributed by atoms with van der Waals surface area (Å²) in [4.78, 5) is 26.0. The van der Waals surface area contributed by atoms with Gasteiger partial charge in [-0.25, -0.2) is 9.97 Å². The second-order valence-corrected chi connectivity index (χ2v) is 9.08. The number of hydrogen-bond donors (Lipinski definition) is 3. The van der Waals surface area contributed by atoms with Gasteiger partial charge in [0.05, 0.1) is 23.5 Å². The summed E-state index contributed by atoms with van der Waals surface area (Å²) in [6.45, 7) is 9.01. The zero-order valence-corrected chi connectivity index (χ0v) is 20.1. The molecule has 0 atom stereocenters. The van der Waals surface area contributed by atoms with Gasteiger partial charge in [0.15, 0.2) is 5.65 Å². The number of nitrogens with zero attached hydrogens (tertiary/aromatic N) is 3. The molecular formula is C24H31ClN6O2. The summed E-state index contributed by atoms with van der Waals surface area (Å²) in [5, 5.41) is 6.92. The Kier molecular flexibility index (Phi) is 7.35. The third kappa shape index (κ3) is 5.75. The molecular weight excluding hydrogens is 440 g/mol. The Balaban J connectivity index is 1.46. The molecule has 2 aromatic heterocycles. The molecule has 176 valence electrons. The molecule has 1 amide bonds. The van der Waals surface area contributed by atoms with Crippen LogP contribution in [0.5, 0.6) is 5.75 Å². The lowest BCUT2D eigenvalue weighted by atomic mass is 10.0. The minimum absolute atomic E-state index is 0.0672. The fourth-order valence-corrected chi connectivity index (χ4v) is 4.27. The van der Waals surface area contributed by atoms with Gasteiger partial charge in [0.2, 0.25) is 5.91 Å². The number of nitrogens with one attached hydrogen (secondary N) is 3. The molecule has 1 aromatic carbocycles. The van der Waals surface area contributed by atoms with Crippen LogP contribution in [0.25, 0.3) is 22.6 Å². The fourth-order valence-electron chi connectivity index (χ4n) is 4.07. The number of aromatic nitrogens is 3. The Morgan fingerprint density at radius 1 is 1.27 bits per heavy atom. The van der Waals surface area contributed by atoms with E-state index in [-0.39, 0.29) is 5.91 Å². The number of anilines is 1. The second-order valence-electron chi connectivity index (χ2n) is 8.67. The zero-order chi connectivity index (χ0) is 23.4. The zero-order valence-electron chi connectivity index (χ0n) is 19.3. The van der Waals surface area contributed by atoms with E-state index in [0.717, 1.165) is 54.3 Å². The molecule has 1 aliphatic rings. The molecule has 0 unspecified atom stereocenters. The van der Waals surface area contributed by atoms with Crippen LogP contribution in [-0.4, -0.2) is 64.1 Å². The van der Waals surface area contributed by atoms with E-state index in [2.05, 4.69) is 39.3 Å². The smallest absolute Gasteiger partial charge is 0.216 e. The van der Waals surface area contributed by atoms with Crippen LogP contribution < -0.4 is 15.4 Å². The standard InChI is InChI=1S/C24H31ClN6O2/c1-15(2)31-11-8-18(9-12-31)28-21-20(25)14-27-24-22(21)29-23(30-24)17-4-6-19(7-5-17)33-13-10-26-16(3)32/h4-7,14-15,18H,8-13H2,1-3H3,(H,26,32)(H2,27,28,29,30). The van der Waals surface area contributed by atoms with Gasteiger partial charge in [-0.1, -0.05) is 11.6 Å². The monoisotopic (exact) mass is 470 g/mol. The van der Waals surface area contributed by atoms with E-state index < -0.39 is 0 Å². The first-order chi connectivity index (χ1) is 15.9. The molecule has 3 N–H and O–H groups in total. The predicted molar refractivity (Wildman–Crippen MR) is 132 cm³/mol. The summed E-state index contributed by atoms with van der Waals surface area (Å²) in [6.07, 6.45) is 3.81.